The SMILES string of the molecule is CN(C)C(=O)c1ccccc1NC(=S)NC(=O)c1ccc(OCCc2ccccc2)c(Br)c1. The summed E-state index contributed by atoms with van der Waals surface area (Å²) >= 11 is 8.75. The standard InChI is InChI=1S/C25H24BrN3O3S/c1-29(2)24(31)19-10-6-7-11-21(19)27-25(33)28-23(30)18-12-13-22(20(26)16-18)32-15-14-17-8-4-3-5-9-17/h3-13,16H,14-15H2,1-2H3,(H2,27,28,30,33). The van der Waals surface area contributed by atoms with Crippen LogP contribution in [0.2, 0.25) is 0 Å². The quantitative estimate of drug-likeness (QED) is 0.429. The van der Waals surface area contributed by atoms with E-state index >= 15 is 0 Å². The summed E-state index contributed by atoms with van der Waals surface area (Å²) in [6.07, 6.45) is 0.785. The molecule has 0 atom stereocenters. The zero-order valence-corrected chi connectivity index (χ0v) is 20.7. The first-order chi connectivity index (χ1) is 15.8. The van der Waals surface area contributed by atoms with Gasteiger partial charge in [-0.25, -0.2) is 0 Å². The Hall–Kier alpha value is -3.23. The van der Waals surface area contributed by atoms with Crippen molar-refractivity contribution in [3.63, 3.8) is 0 Å². The van der Waals surface area contributed by atoms with Crippen LogP contribution >= 0.6 is 28.1 Å². The molecule has 6 nitrogen and oxygen atoms in total. The van der Waals surface area contributed by atoms with E-state index in [1.54, 1.807) is 56.6 Å². The zero-order chi connectivity index (χ0) is 23.8. The Labute approximate surface area is 207 Å². The van der Waals surface area contributed by atoms with E-state index in [2.05, 4.69) is 38.7 Å². The number of nitrogens with one attached hydrogen (secondary N) is 2. The lowest BCUT2D eigenvalue weighted by Gasteiger charge is -2.16. The van der Waals surface area contributed by atoms with E-state index in [0.717, 1.165) is 6.42 Å². The summed E-state index contributed by atoms with van der Waals surface area (Å²) in [6.45, 7) is 0.521. The number of ether oxygens (including phenoxy) is 1. The summed E-state index contributed by atoms with van der Waals surface area (Å²) in [5, 5.41) is 5.67. The van der Waals surface area contributed by atoms with Crippen LogP contribution in [0.5, 0.6) is 5.75 Å². The summed E-state index contributed by atoms with van der Waals surface area (Å²) in [6, 6.07) is 22.2. The second-order valence-corrected chi connectivity index (χ2v) is 8.65. The van der Waals surface area contributed by atoms with Crippen LogP contribution in [0.25, 0.3) is 0 Å². The van der Waals surface area contributed by atoms with Crippen LogP contribution in [0.4, 0.5) is 5.69 Å². The fraction of sp³-hybridized carbons (Fsp3) is 0.160. The molecule has 0 saturated carbocycles. The van der Waals surface area contributed by atoms with E-state index in [0.29, 0.717) is 33.6 Å². The number of hydrogen-bond acceptors (Lipinski definition) is 4. The summed E-state index contributed by atoms with van der Waals surface area (Å²) < 4.78 is 6.51. The molecule has 170 valence electrons. The van der Waals surface area contributed by atoms with Crippen molar-refractivity contribution in [2.24, 2.45) is 0 Å². The van der Waals surface area contributed by atoms with Gasteiger partial charge in [0.2, 0.25) is 0 Å². The third-order valence-electron chi connectivity index (χ3n) is 4.72. The van der Waals surface area contributed by atoms with Gasteiger partial charge in [-0.1, -0.05) is 42.5 Å². The van der Waals surface area contributed by atoms with Crippen molar-refractivity contribution in [2.45, 2.75) is 6.42 Å². The van der Waals surface area contributed by atoms with Crippen LogP contribution in [-0.2, 0) is 6.42 Å². The molecule has 0 aliphatic carbocycles. The number of anilines is 1. The molecule has 0 bridgehead atoms. The van der Waals surface area contributed by atoms with Crippen LogP contribution in [0.1, 0.15) is 26.3 Å². The Bertz CT molecular complexity index is 1150. The molecule has 2 amide bonds. The maximum absolute atomic E-state index is 12.7. The summed E-state index contributed by atoms with van der Waals surface area (Å²) in [5.41, 5.74) is 2.59. The Morgan fingerprint density at radius 1 is 1.00 bits per heavy atom. The van der Waals surface area contributed by atoms with Crippen molar-refractivity contribution >= 4 is 50.8 Å². The number of hydrogen-bond donors (Lipinski definition) is 2. The number of amides is 2. The lowest BCUT2D eigenvalue weighted by molar-refractivity contribution is 0.0828. The Morgan fingerprint density at radius 2 is 1.70 bits per heavy atom. The molecule has 0 unspecified atom stereocenters. The van der Waals surface area contributed by atoms with Gasteiger partial charge in [-0.05, 0) is 64.0 Å². The number of carbonyl (C=O) groups is 2. The van der Waals surface area contributed by atoms with Crippen LogP contribution < -0.4 is 15.4 Å². The highest BCUT2D eigenvalue weighted by Gasteiger charge is 2.15. The predicted octanol–water partition coefficient (Wildman–Crippen LogP) is 4.90. The van der Waals surface area contributed by atoms with E-state index in [1.807, 2.05) is 18.2 Å². The van der Waals surface area contributed by atoms with E-state index in [1.165, 1.54) is 10.5 Å². The van der Waals surface area contributed by atoms with E-state index in [4.69, 9.17) is 17.0 Å². The fourth-order valence-corrected chi connectivity index (χ4v) is 3.73. The lowest BCUT2D eigenvalue weighted by atomic mass is 10.1. The summed E-state index contributed by atoms with van der Waals surface area (Å²) in [4.78, 5) is 26.5. The minimum Gasteiger partial charge on any atom is -0.492 e. The molecule has 0 aliphatic heterocycles. The first-order valence-corrected chi connectivity index (χ1v) is 11.4. The number of halogens is 1. The molecule has 0 aliphatic rings. The number of rotatable bonds is 7. The van der Waals surface area contributed by atoms with Crippen LogP contribution in [0.15, 0.2) is 77.3 Å². The molecule has 33 heavy (non-hydrogen) atoms. The topological polar surface area (TPSA) is 70.7 Å². The van der Waals surface area contributed by atoms with Crippen molar-refractivity contribution in [1.82, 2.24) is 10.2 Å². The first-order valence-electron chi connectivity index (χ1n) is 10.2. The van der Waals surface area contributed by atoms with Gasteiger partial charge in [0.1, 0.15) is 5.75 Å². The van der Waals surface area contributed by atoms with Crippen molar-refractivity contribution in [3.05, 3.63) is 94.0 Å². The minimum atomic E-state index is -0.375. The van der Waals surface area contributed by atoms with Gasteiger partial charge >= 0.3 is 0 Å². The zero-order valence-electron chi connectivity index (χ0n) is 18.3. The Morgan fingerprint density at radius 3 is 2.39 bits per heavy atom. The van der Waals surface area contributed by atoms with Crippen LogP contribution in [-0.4, -0.2) is 42.5 Å². The lowest BCUT2D eigenvalue weighted by Crippen LogP contribution is -2.35. The maximum atomic E-state index is 12.7. The number of nitrogens with zero attached hydrogens (tertiary/aromatic N) is 1. The molecule has 2 N–H and O–H groups in total. The van der Waals surface area contributed by atoms with Crippen molar-refractivity contribution < 1.29 is 14.3 Å². The van der Waals surface area contributed by atoms with Gasteiger partial charge in [-0.2, -0.15) is 0 Å². The summed E-state index contributed by atoms with van der Waals surface area (Å²) in [7, 11) is 3.35. The Balaban J connectivity index is 1.58. The number of para-hydroxylation sites is 1. The largest absolute Gasteiger partial charge is 0.492 e. The first kappa shape index (κ1) is 24.4. The molecular formula is C25H24BrN3O3S. The number of thiocarbonyl (C=S) groups is 1. The molecule has 3 rings (SSSR count). The van der Waals surface area contributed by atoms with Gasteiger partial charge in [0, 0.05) is 26.1 Å². The Kier molecular flexibility index (Phi) is 8.57. The average Bonchev–Trinajstić information content (AvgIpc) is 2.80. The second-order valence-electron chi connectivity index (χ2n) is 7.38. The van der Waals surface area contributed by atoms with Crippen LogP contribution in [0.3, 0.4) is 0 Å². The highest BCUT2D eigenvalue weighted by Crippen LogP contribution is 2.26. The predicted molar refractivity (Wildman–Crippen MR) is 138 cm³/mol. The fourth-order valence-electron chi connectivity index (χ4n) is 3.03. The van der Waals surface area contributed by atoms with Crippen LogP contribution in [0, 0.1) is 0 Å². The average molecular weight is 526 g/mol. The molecule has 0 heterocycles. The second kappa shape index (κ2) is 11.6. The van der Waals surface area contributed by atoms with E-state index in [9.17, 15) is 9.59 Å². The van der Waals surface area contributed by atoms with Gasteiger partial charge in [0.25, 0.3) is 11.8 Å². The number of benzene rings is 3. The summed E-state index contributed by atoms with van der Waals surface area (Å²) in [5.74, 6) is 0.110. The third kappa shape index (κ3) is 6.87. The molecule has 0 aromatic heterocycles. The molecule has 0 radical (unpaired) electrons. The van der Waals surface area contributed by atoms with Crippen molar-refractivity contribution in [3.8, 4) is 5.75 Å². The molecular weight excluding hydrogens is 502 g/mol. The smallest absolute Gasteiger partial charge is 0.257 e. The molecule has 0 fully saturated rings. The third-order valence-corrected chi connectivity index (χ3v) is 5.55. The van der Waals surface area contributed by atoms with E-state index < -0.39 is 0 Å². The molecule has 0 saturated heterocycles. The molecule has 3 aromatic rings. The highest BCUT2D eigenvalue weighted by atomic mass is 79.9. The van der Waals surface area contributed by atoms with Gasteiger partial charge < -0.3 is 15.0 Å². The molecule has 3 aromatic carbocycles. The minimum absolute atomic E-state index is 0.0957. The molecule has 0 spiro atoms. The highest BCUT2D eigenvalue weighted by molar-refractivity contribution is 9.10. The van der Waals surface area contributed by atoms with Gasteiger partial charge in [0.15, 0.2) is 5.11 Å². The van der Waals surface area contributed by atoms with Gasteiger partial charge in [-0.15, -0.1) is 0 Å². The normalized spacial score (nSPS) is 10.3. The van der Waals surface area contributed by atoms with Gasteiger partial charge in [-0.3, -0.25) is 14.9 Å². The number of carbonyl (C=O) groups excluding carboxylic acids is 2. The monoisotopic (exact) mass is 525 g/mol. The van der Waals surface area contributed by atoms with Gasteiger partial charge in [0.05, 0.1) is 22.3 Å². The van der Waals surface area contributed by atoms with Crippen molar-refractivity contribution in [2.75, 3.05) is 26.0 Å². The maximum Gasteiger partial charge on any atom is 0.257 e. The van der Waals surface area contributed by atoms with Crippen molar-refractivity contribution in [1.29, 1.82) is 0 Å². The van der Waals surface area contributed by atoms with E-state index in [-0.39, 0.29) is 16.9 Å². The molecule has 8 heteroatoms.